The topological polar surface area (TPSA) is 55.1 Å². The van der Waals surface area contributed by atoms with Crippen LogP contribution in [-0.4, -0.2) is 10.9 Å². The van der Waals surface area contributed by atoms with Gasteiger partial charge in [0.2, 0.25) is 5.89 Å². The summed E-state index contributed by atoms with van der Waals surface area (Å²) in [5, 5.41) is 4.12. The van der Waals surface area contributed by atoms with Crippen LogP contribution in [0.25, 0.3) is 21.5 Å². The van der Waals surface area contributed by atoms with Crippen LogP contribution in [0.4, 0.5) is 5.69 Å². The Morgan fingerprint density at radius 1 is 1.08 bits per heavy atom. The first kappa shape index (κ1) is 16.5. The maximum absolute atomic E-state index is 12.8. The van der Waals surface area contributed by atoms with E-state index in [1.807, 2.05) is 69.3 Å². The number of carbonyl (C=O) groups is 1. The summed E-state index contributed by atoms with van der Waals surface area (Å²) in [5.41, 5.74) is 3.44. The van der Waals surface area contributed by atoms with E-state index in [1.165, 1.54) is 11.3 Å². The summed E-state index contributed by atoms with van der Waals surface area (Å²) in [6.07, 6.45) is 0. The van der Waals surface area contributed by atoms with E-state index in [0.717, 1.165) is 43.2 Å². The number of nitrogens with one attached hydrogen (secondary N) is 1. The average Bonchev–Trinajstić information content (AvgIpc) is 3.16. The molecule has 0 spiro atoms. The lowest BCUT2D eigenvalue weighted by Crippen LogP contribution is -2.11. The molecule has 0 unspecified atom stereocenters. The van der Waals surface area contributed by atoms with Crippen molar-refractivity contribution in [3.63, 3.8) is 0 Å². The Kier molecular flexibility index (Phi) is 4.09. The third kappa shape index (κ3) is 2.91. The fourth-order valence-corrected chi connectivity index (χ4v) is 4.01. The molecule has 0 radical (unpaired) electrons. The van der Waals surface area contributed by atoms with Crippen molar-refractivity contribution >= 4 is 33.0 Å². The summed E-state index contributed by atoms with van der Waals surface area (Å²) in [6.45, 7) is 5.79. The van der Waals surface area contributed by atoms with Crippen LogP contribution in [0.1, 0.15) is 26.7 Å². The van der Waals surface area contributed by atoms with E-state index >= 15 is 0 Å². The number of aryl methyl sites for hydroxylation is 3. The predicted molar refractivity (Wildman–Crippen MR) is 106 cm³/mol. The van der Waals surface area contributed by atoms with Crippen molar-refractivity contribution in [3.05, 3.63) is 70.4 Å². The molecule has 0 saturated carbocycles. The number of nitrogens with zero attached hydrogens (tertiary/aromatic N) is 1. The van der Waals surface area contributed by atoms with Crippen molar-refractivity contribution in [2.24, 2.45) is 0 Å². The highest BCUT2D eigenvalue weighted by molar-refractivity contribution is 7.21. The van der Waals surface area contributed by atoms with Gasteiger partial charge in [-0.1, -0.05) is 24.3 Å². The van der Waals surface area contributed by atoms with Gasteiger partial charge in [-0.15, -0.1) is 11.3 Å². The van der Waals surface area contributed by atoms with Crippen LogP contribution in [0.5, 0.6) is 0 Å². The highest BCUT2D eigenvalue weighted by atomic mass is 32.1. The Bertz CT molecular complexity index is 1100. The van der Waals surface area contributed by atoms with Crippen molar-refractivity contribution in [2.75, 3.05) is 5.32 Å². The van der Waals surface area contributed by atoms with Crippen molar-refractivity contribution in [2.45, 2.75) is 20.8 Å². The Morgan fingerprint density at radius 2 is 1.88 bits per heavy atom. The number of rotatable bonds is 3. The molecule has 0 aliphatic heterocycles. The second-order valence-electron chi connectivity index (χ2n) is 6.25. The Morgan fingerprint density at radius 3 is 2.62 bits per heavy atom. The lowest BCUT2D eigenvalue weighted by atomic mass is 10.1. The second-order valence-corrected chi connectivity index (χ2v) is 7.30. The zero-order chi connectivity index (χ0) is 18.3. The summed E-state index contributed by atoms with van der Waals surface area (Å²) >= 11 is 1.51. The van der Waals surface area contributed by atoms with Gasteiger partial charge in [-0.2, -0.15) is 0 Å². The molecular weight excluding hydrogens is 344 g/mol. The minimum absolute atomic E-state index is 0.0967. The zero-order valence-electron chi connectivity index (χ0n) is 14.8. The zero-order valence-corrected chi connectivity index (χ0v) is 15.6. The maximum atomic E-state index is 12.8. The molecule has 4 rings (SSSR count). The number of anilines is 1. The second kappa shape index (κ2) is 6.42. The van der Waals surface area contributed by atoms with E-state index in [0.29, 0.717) is 5.89 Å². The summed E-state index contributed by atoms with van der Waals surface area (Å²) in [7, 11) is 0. The van der Waals surface area contributed by atoms with Gasteiger partial charge in [0.25, 0.3) is 5.91 Å². The lowest BCUT2D eigenvalue weighted by molar-refractivity contribution is 0.103. The van der Waals surface area contributed by atoms with Crippen LogP contribution < -0.4 is 5.32 Å². The highest BCUT2D eigenvalue weighted by Crippen LogP contribution is 2.31. The number of hydrogen-bond donors (Lipinski definition) is 1. The molecular formula is C21H18N2O2S. The fraction of sp³-hybridized carbons (Fsp3) is 0.143. The highest BCUT2D eigenvalue weighted by Gasteiger charge is 2.16. The molecule has 0 aliphatic rings. The molecule has 0 bridgehead atoms. The van der Waals surface area contributed by atoms with E-state index in [-0.39, 0.29) is 5.91 Å². The maximum Gasteiger partial charge on any atom is 0.266 e. The molecule has 4 aromatic rings. The van der Waals surface area contributed by atoms with Crippen LogP contribution >= 0.6 is 11.3 Å². The van der Waals surface area contributed by atoms with Gasteiger partial charge < -0.3 is 9.73 Å². The molecule has 0 atom stereocenters. The molecule has 1 amide bonds. The minimum atomic E-state index is -0.0967. The molecule has 0 aliphatic carbocycles. The Balaban J connectivity index is 1.63. The molecule has 2 aromatic carbocycles. The van der Waals surface area contributed by atoms with Crippen molar-refractivity contribution in [1.29, 1.82) is 0 Å². The SMILES string of the molecule is Cc1nc(-c2cccc(NC(=O)c3sc4ccccc4c3C)c2)oc1C. The van der Waals surface area contributed by atoms with E-state index in [1.54, 1.807) is 0 Å². The molecule has 4 nitrogen and oxygen atoms in total. The van der Waals surface area contributed by atoms with Gasteiger partial charge in [0, 0.05) is 16.0 Å². The van der Waals surface area contributed by atoms with Gasteiger partial charge in [0.1, 0.15) is 5.76 Å². The standard InChI is InChI=1S/C21H18N2O2S/c1-12-17-9-4-5-10-18(17)26-19(12)20(24)23-16-8-6-7-15(11-16)21-22-13(2)14(3)25-21/h4-11H,1-3H3,(H,23,24). The first-order valence-corrected chi connectivity index (χ1v) is 9.18. The molecule has 26 heavy (non-hydrogen) atoms. The first-order chi connectivity index (χ1) is 12.5. The normalized spacial score (nSPS) is 11.0. The van der Waals surface area contributed by atoms with Crippen molar-refractivity contribution in [3.8, 4) is 11.5 Å². The molecule has 130 valence electrons. The molecule has 2 heterocycles. The number of aromatic nitrogens is 1. The van der Waals surface area contributed by atoms with Gasteiger partial charge in [-0.05, 0) is 56.0 Å². The summed E-state index contributed by atoms with van der Waals surface area (Å²) in [5.74, 6) is 1.27. The fourth-order valence-electron chi connectivity index (χ4n) is 2.90. The smallest absolute Gasteiger partial charge is 0.266 e. The quantitative estimate of drug-likeness (QED) is 0.506. The summed E-state index contributed by atoms with van der Waals surface area (Å²) < 4.78 is 6.80. The average molecular weight is 362 g/mol. The van der Waals surface area contributed by atoms with Gasteiger partial charge >= 0.3 is 0 Å². The molecule has 1 N–H and O–H groups in total. The van der Waals surface area contributed by atoms with Crippen molar-refractivity contribution < 1.29 is 9.21 Å². The van der Waals surface area contributed by atoms with Crippen LogP contribution in [0.3, 0.4) is 0 Å². The molecule has 0 saturated heterocycles. The largest absolute Gasteiger partial charge is 0.441 e. The Hall–Kier alpha value is -2.92. The number of oxazole rings is 1. The van der Waals surface area contributed by atoms with E-state index in [2.05, 4.69) is 10.3 Å². The first-order valence-electron chi connectivity index (χ1n) is 8.37. The lowest BCUT2D eigenvalue weighted by Gasteiger charge is -2.06. The van der Waals surface area contributed by atoms with Gasteiger partial charge in [0.15, 0.2) is 0 Å². The van der Waals surface area contributed by atoms with Crippen LogP contribution in [0.2, 0.25) is 0 Å². The number of amides is 1. The number of hydrogen-bond acceptors (Lipinski definition) is 4. The number of thiophene rings is 1. The predicted octanol–water partition coefficient (Wildman–Crippen LogP) is 5.73. The van der Waals surface area contributed by atoms with E-state index in [4.69, 9.17) is 4.42 Å². The van der Waals surface area contributed by atoms with Crippen molar-refractivity contribution in [1.82, 2.24) is 4.98 Å². The number of benzene rings is 2. The number of fused-ring (bicyclic) bond motifs is 1. The van der Waals surface area contributed by atoms with Crippen LogP contribution in [-0.2, 0) is 0 Å². The van der Waals surface area contributed by atoms with Gasteiger partial charge in [-0.25, -0.2) is 4.98 Å². The minimum Gasteiger partial charge on any atom is -0.441 e. The molecule has 2 aromatic heterocycles. The summed E-state index contributed by atoms with van der Waals surface area (Å²) in [6, 6.07) is 15.6. The van der Waals surface area contributed by atoms with Crippen LogP contribution in [0.15, 0.2) is 52.9 Å². The molecule has 5 heteroatoms. The van der Waals surface area contributed by atoms with Crippen LogP contribution in [0, 0.1) is 20.8 Å². The van der Waals surface area contributed by atoms with Gasteiger partial charge in [0.05, 0.1) is 10.6 Å². The molecule has 0 fully saturated rings. The van der Waals surface area contributed by atoms with Gasteiger partial charge in [-0.3, -0.25) is 4.79 Å². The summed E-state index contributed by atoms with van der Waals surface area (Å²) in [4.78, 5) is 17.9. The van der Waals surface area contributed by atoms with E-state index < -0.39 is 0 Å². The number of carbonyl (C=O) groups excluding carboxylic acids is 1. The van der Waals surface area contributed by atoms with E-state index in [9.17, 15) is 4.79 Å². The third-order valence-corrected chi connectivity index (χ3v) is 5.72. The monoisotopic (exact) mass is 362 g/mol. The third-order valence-electron chi connectivity index (χ3n) is 4.45. The Labute approximate surface area is 155 Å².